The van der Waals surface area contributed by atoms with Crippen molar-refractivity contribution in [3.8, 4) is 0 Å². The average molecular weight is 296 g/mol. The highest BCUT2D eigenvalue weighted by Gasteiger charge is 2.70. The van der Waals surface area contributed by atoms with Crippen LogP contribution in [0.4, 0.5) is 0 Å². The van der Waals surface area contributed by atoms with E-state index in [1.807, 2.05) is 13.8 Å². The minimum atomic E-state index is -0.880. The van der Waals surface area contributed by atoms with Gasteiger partial charge in [0.05, 0.1) is 18.2 Å². The third-order valence-corrected chi connectivity index (χ3v) is 6.11. The smallest absolute Gasteiger partial charge is 0.241 e. The number of rotatable bonds is 2. The van der Waals surface area contributed by atoms with E-state index in [9.17, 15) is 9.90 Å². The predicted octanol–water partition coefficient (Wildman–Crippen LogP) is 0.939. The molecule has 3 fully saturated rings. The van der Waals surface area contributed by atoms with Gasteiger partial charge < -0.3 is 20.9 Å². The van der Waals surface area contributed by atoms with Crippen LogP contribution < -0.4 is 11.1 Å². The Morgan fingerprint density at radius 1 is 1.24 bits per heavy atom. The number of nitrogens with one attached hydrogen (secondary N) is 1. The largest absolute Gasteiger partial charge is 0.391 e. The van der Waals surface area contributed by atoms with Gasteiger partial charge in [-0.2, -0.15) is 0 Å². The van der Waals surface area contributed by atoms with E-state index in [2.05, 4.69) is 5.32 Å². The summed E-state index contributed by atoms with van der Waals surface area (Å²) in [6.45, 7) is 4.82. The summed E-state index contributed by atoms with van der Waals surface area (Å²) in [6, 6.07) is -0.147. The normalized spacial score (nSPS) is 45.3. The van der Waals surface area contributed by atoms with Crippen molar-refractivity contribution in [2.45, 2.75) is 76.2 Å². The Balaban J connectivity index is 1.73. The maximum absolute atomic E-state index is 12.8. The number of nitrogens with two attached hydrogens (primary N) is 1. The lowest BCUT2D eigenvalue weighted by Gasteiger charge is -2.65. The number of aliphatic hydroxyl groups excluding tert-OH is 1. The number of carbonyl (C=O) groups is 1. The van der Waals surface area contributed by atoms with Gasteiger partial charge in [0.1, 0.15) is 5.54 Å². The number of carbonyl (C=O) groups excluding carboxylic acids is 1. The summed E-state index contributed by atoms with van der Waals surface area (Å²) in [4.78, 5) is 12.8. The minimum absolute atomic E-state index is 0.0817. The van der Waals surface area contributed by atoms with Crippen LogP contribution in [0.25, 0.3) is 0 Å². The van der Waals surface area contributed by atoms with Crippen LogP contribution in [0.1, 0.15) is 52.4 Å². The van der Waals surface area contributed by atoms with E-state index in [-0.39, 0.29) is 29.4 Å². The summed E-state index contributed by atoms with van der Waals surface area (Å²) >= 11 is 0. The number of aliphatic hydroxyl groups is 1. The topological polar surface area (TPSA) is 84.6 Å². The van der Waals surface area contributed by atoms with Gasteiger partial charge in [0.2, 0.25) is 5.91 Å². The summed E-state index contributed by atoms with van der Waals surface area (Å²) in [5.74, 6) is -0.00724. The van der Waals surface area contributed by atoms with Crippen LogP contribution in [-0.4, -0.2) is 41.4 Å². The number of ether oxygens (including phenoxy) is 1. The molecule has 21 heavy (non-hydrogen) atoms. The van der Waals surface area contributed by atoms with E-state index < -0.39 is 11.6 Å². The maximum atomic E-state index is 12.8. The van der Waals surface area contributed by atoms with Gasteiger partial charge in [-0.3, -0.25) is 4.79 Å². The third kappa shape index (κ3) is 2.13. The molecule has 3 rings (SSSR count). The molecule has 5 atom stereocenters. The second-order valence-electron chi connectivity index (χ2n) is 7.56. The Morgan fingerprint density at radius 3 is 2.67 bits per heavy atom. The quantitative estimate of drug-likeness (QED) is 0.708. The van der Waals surface area contributed by atoms with E-state index in [0.29, 0.717) is 0 Å². The van der Waals surface area contributed by atoms with Gasteiger partial charge in [-0.1, -0.05) is 26.7 Å². The van der Waals surface area contributed by atoms with Crippen molar-refractivity contribution in [1.82, 2.24) is 5.32 Å². The molecule has 2 saturated carbocycles. The SMILES string of the molecule is CC1(C)C2OCCCC2C1(N)C(=O)NC1CCCCC1O. The molecule has 1 amide bonds. The molecule has 5 heteroatoms. The van der Waals surface area contributed by atoms with E-state index in [4.69, 9.17) is 10.5 Å². The van der Waals surface area contributed by atoms with E-state index in [1.54, 1.807) is 0 Å². The van der Waals surface area contributed by atoms with Gasteiger partial charge in [-0.15, -0.1) is 0 Å². The standard InChI is InChI=1S/C16H28N2O3/c1-15(2)13-10(6-5-9-21-13)16(15,17)14(20)18-11-7-3-4-8-12(11)19/h10-13,19H,3-9,17H2,1-2H3,(H,18,20). The molecular weight excluding hydrogens is 268 g/mol. The zero-order chi connectivity index (χ0) is 15.3. The molecule has 2 aliphatic carbocycles. The van der Waals surface area contributed by atoms with Crippen LogP contribution in [0.15, 0.2) is 0 Å². The fraction of sp³-hybridized carbons (Fsp3) is 0.938. The fourth-order valence-corrected chi connectivity index (χ4v) is 4.60. The molecule has 5 nitrogen and oxygen atoms in total. The average Bonchev–Trinajstić information content (AvgIpc) is 2.48. The summed E-state index contributed by atoms with van der Waals surface area (Å²) in [5, 5.41) is 13.1. The van der Waals surface area contributed by atoms with Crippen LogP contribution >= 0.6 is 0 Å². The van der Waals surface area contributed by atoms with Gasteiger partial charge in [0.25, 0.3) is 0 Å². The highest BCUT2D eigenvalue weighted by Crippen LogP contribution is 2.57. The minimum Gasteiger partial charge on any atom is -0.391 e. The first-order valence-electron chi connectivity index (χ1n) is 8.28. The zero-order valence-electron chi connectivity index (χ0n) is 13.1. The molecule has 0 aromatic heterocycles. The molecule has 0 aromatic rings. The zero-order valence-corrected chi connectivity index (χ0v) is 13.1. The number of hydrogen-bond acceptors (Lipinski definition) is 4. The molecule has 120 valence electrons. The van der Waals surface area contributed by atoms with Crippen molar-refractivity contribution in [2.75, 3.05) is 6.61 Å². The summed E-state index contributed by atoms with van der Waals surface area (Å²) in [5.41, 5.74) is 5.33. The van der Waals surface area contributed by atoms with Crippen LogP contribution in [0, 0.1) is 11.3 Å². The first-order chi connectivity index (χ1) is 9.89. The second kappa shape index (κ2) is 5.21. The van der Waals surface area contributed by atoms with Gasteiger partial charge in [0, 0.05) is 17.9 Å². The first-order valence-corrected chi connectivity index (χ1v) is 8.28. The summed E-state index contributed by atoms with van der Waals surface area (Å²) < 4.78 is 5.84. The van der Waals surface area contributed by atoms with Crippen LogP contribution in [0.3, 0.4) is 0 Å². The van der Waals surface area contributed by atoms with Crippen molar-refractivity contribution >= 4 is 5.91 Å². The van der Waals surface area contributed by atoms with Gasteiger partial charge in [0.15, 0.2) is 0 Å². The van der Waals surface area contributed by atoms with Crippen molar-refractivity contribution in [1.29, 1.82) is 0 Å². The number of fused-ring (bicyclic) bond motifs is 1. The Labute approximate surface area is 126 Å². The van der Waals surface area contributed by atoms with Crippen LogP contribution in [0.2, 0.25) is 0 Å². The summed E-state index contributed by atoms with van der Waals surface area (Å²) in [7, 11) is 0. The molecule has 5 unspecified atom stereocenters. The Hall–Kier alpha value is -0.650. The Kier molecular flexibility index (Phi) is 3.79. The van der Waals surface area contributed by atoms with Gasteiger partial charge >= 0.3 is 0 Å². The molecular formula is C16H28N2O3. The van der Waals surface area contributed by atoms with Crippen molar-refractivity contribution in [3.05, 3.63) is 0 Å². The van der Waals surface area contributed by atoms with E-state index in [1.165, 1.54) is 0 Å². The van der Waals surface area contributed by atoms with Crippen molar-refractivity contribution < 1.29 is 14.6 Å². The maximum Gasteiger partial charge on any atom is 0.241 e. The lowest BCUT2D eigenvalue weighted by atomic mass is 9.46. The Bertz CT molecular complexity index is 426. The molecule has 4 N–H and O–H groups in total. The molecule has 0 aromatic carbocycles. The fourth-order valence-electron chi connectivity index (χ4n) is 4.60. The molecule has 0 radical (unpaired) electrons. The predicted molar refractivity (Wildman–Crippen MR) is 79.6 cm³/mol. The molecule has 0 spiro atoms. The highest BCUT2D eigenvalue weighted by atomic mass is 16.5. The second-order valence-corrected chi connectivity index (χ2v) is 7.56. The van der Waals surface area contributed by atoms with Gasteiger partial charge in [-0.25, -0.2) is 0 Å². The first kappa shape index (κ1) is 15.3. The lowest BCUT2D eigenvalue weighted by molar-refractivity contribution is -0.225. The van der Waals surface area contributed by atoms with Gasteiger partial charge in [-0.05, 0) is 25.7 Å². The molecule has 3 aliphatic rings. The third-order valence-electron chi connectivity index (χ3n) is 6.11. The molecule has 1 heterocycles. The monoisotopic (exact) mass is 296 g/mol. The van der Waals surface area contributed by atoms with Crippen molar-refractivity contribution in [3.63, 3.8) is 0 Å². The van der Waals surface area contributed by atoms with E-state index >= 15 is 0 Å². The molecule has 1 saturated heterocycles. The van der Waals surface area contributed by atoms with Crippen molar-refractivity contribution in [2.24, 2.45) is 17.1 Å². The molecule has 1 aliphatic heterocycles. The number of amides is 1. The van der Waals surface area contributed by atoms with E-state index in [0.717, 1.165) is 45.1 Å². The van der Waals surface area contributed by atoms with Crippen LogP contribution in [0.5, 0.6) is 0 Å². The molecule has 0 bridgehead atoms. The Morgan fingerprint density at radius 2 is 1.95 bits per heavy atom. The van der Waals surface area contributed by atoms with Crippen LogP contribution in [-0.2, 0) is 9.53 Å². The number of hydrogen-bond donors (Lipinski definition) is 3. The summed E-state index contributed by atoms with van der Waals surface area (Å²) in [6.07, 6.45) is 5.26. The lowest BCUT2D eigenvalue weighted by Crippen LogP contribution is -2.82. The highest BCUT2D eigenvalue weighted by molar-refractivity contribution is 5.89.